The van der Waals surface area contributed by atoms with E-state index < -0.39 is 5.91 Å². The number of nitrogens with two attached hydrogens (primary N) is 2. The smallest absolute Gasteiger partial charge is 0.282 e. The molecule has 0 aliphatic carbocycles. The molecule has 0 unspecified atom stereocenters. The van der Waals surface area contributed by atoms with E-state index in [9.17, 15) is 14.4 Å². The van der Waals surface area contributed by atoms with Gasteiger partial charge in [-0.2, -0.15) is 0 Å². The molecule has 0 saturated heterocycles. The molecule has 0 fully saturated rings. The van der Waals surface area contributed by atoms with Crippen LogP contribution in [0.5, 0.6) is 0 Å². The zero-order valence-corrected chi connectivity index (χ0v) is 17.7. The van der Waals surface area contributed by atoms with E-state index in [1.165, 1.54) is 23.5 Å². The highest BCUT2D eigenvalue weighted by molar-refractivity contribution is 7.99. The highest BCUT2D eigenvalue weighted by atomic mass is 32.2. The van der Waals surface area contributed by atoms with Crippen molar-refractivity contribution >= 4 is 50.8 Å². The summed E-state index contributed by atoms with van der Waals surface area (Å²) < 4.78 is 0.973. The van der Waals surface area contributed by atoms with E-state index >= 15 is 0 Å². The molecule has 2 aromatic carbocycles. The van der Waals surface area contributed by atoms with Crippen molar-refractivity contribution in [3.63, 3.8) is 0 Å². The molecule has 4 rings (SSSR count). The highest BCUT2D eigenvalue weighted by Gasteiger charge is 2.17. The second-order valence-electron chi connectivity index (χ2n) is 6.54. The molecule has 0 aliphatic heterocycles. The van der Waals surface area contributed by atoms with E-state index in [2.05, 4.69) is 10.3 Å². The lowest BCUT2D eigenvalue weighted by molar-refractivity contribution is -0.113. The van der Waals surface area contributed by atoms with Gasteiger partial charge in [0, 0.05) is 22.2 Å². The zero-order chi connectivity index (χ0) is 22.0. The van der Waals surface area contributed by atoms with E-state index in [1.807, 2.05) is 35.7 Å². The third-order valence-electron chi connectivity index (χ3n) is 4.48. The van der Waals surface area contributed by atoms with Crippen LogP contribution in [0.4, 0.5) is 5.69 Å². The van der Waals surface area contributed by atoms with Gasteiger partial charge in [-0.3, -0.25) is 14.4 Å². The summed E-state index contributed by atoms with van der Waals surface area (Å²) in [6.07, 6.45) is 0. The Hall–Kier alpha value is -3.63. The first kappa shape index (κ1) is 20.6. The number of nitrogens with zero attached hydrogens (tertiary/aromatic N) is 2. The van der Waals surface area contributed by atoms with Crippen LogP contribution in [0.15, 0.2) is 69.9 Å². The van der Waals surface area contributed by atoms with Gasteiger partial charge < -0.3 is 16.9 Å². The van der Waals surface area contributed by atoms with Gasteiger partial charge in [0.15, 0.2) is 5.16 Å². The molecule has 0 bridgehead atoms. The van der Waals surface area contributed by atoms with Crippen molar-refractivity contribution in [1.82, 2.24) is 9.66 Å². The number of nitrogen functional groups attached to an aromatic ring is 1. The third kappa shape index (κ3) is 4.30. The fourth-order valence-electron chi connectivity index (χ4n) is 2.96. The molecular formula is C21H17N5O3S2. The molecule has 4 aromatic rings. The predicted octanol–water partition coefficient (Wildman–Crippen LogP) is 2.67. The van der Waals surface area contributed by atoms with Crippen molar-refractivity contribution in [2.75, 3.05) is 16.9 Å². The number of hydrogen-bond donors (Lipinski definition) is 3. The Morgan fingerprint density at radius 3 is 2.48 bits per heavy atom. The van der Waals surface area contributed by atoms with Crippen LogP contribution in [0, 0.1) is 0 Å². The van der Waals surface area contributed by atoms with Gasteiger partial charge in [-0.25, -0.2) is 9.66 Å². The largest absolute Gasteiger partial charge is 0.366 e. The van der Waals surface area contributed by atoms with E-state index in [-0.39, 0.29) is 22.4 Å². The standard InChI is InChI=1S/C21H17N5O3S2/c22-18(28)13-6-8-14(9-7-13)24-16(27)11-31-21-25-19-17(20(29)26(21)23)15(10-30-19)12-4-2-1-3-5-12/h1-10H,11,23H2,(H2,22,28)(H,24,27). The molecular weight excluding hydrogens is 434 g/mol. The number of carbonyl (C=O) groups is 2. The van der Waals surface area contributed by atoms with Gasteiger partial charge in [0.1, 0.15) is 4.83 Å². The molecule has 0 saturated carbocycles. The van der Waals surface area contributed by atoms with Crippen molar-refractivity contribution in [3.8, 4) is 11.1 Å². The molecule has 2 aromatic heterocycles. The van der Waals surface area contributed by atoms with E-state index in [4.69, 9.17) is 11.6 Å². The predicted molar refractivity (Wildman–Crippen MR) is 124 cm³/mol. The van der Waals surface area contributed by atoms with Crippen molar-refractivity contribution < 1.29 is 9.59 Å². The van der Waals surface area contributed by atoms with Crippen LogP contribution < -0.4 is 22.5 Å². The summed E-state index contributed by atoms with van der Waals surface area (Å²) in [5.41, 5.74) is 7.40. The number of aromatic nitrogens is 2. The Balaban J connectivity index is 1.51. The maximum atomic E-state index is 12.9. The second kappa shape index (κ2) is 8.62. The van der Waals surface area contributed by atoms with Crippen LogP contribution in [0.2, 0.25) is 0 Å². The average molecular weight is 452 g/mol. The molecule has 0 aliphatic rings. The number of thioether (sulfide) groups is 1. The fraction of sp³-hybridized carbons (Fsp3) is 0.0476. The van der Waals surface area contributed by atoms with Crippen LogP contribution >= 0.6 is 23.1 Å². The number of hydrogen-bond acceptors (Lipinski definition) is 7. The number of thiophene rings is 1. The SMILES string of the molecule is NC(=O)c1ccc(NC(=O)CSc2nc3scc(-c4ccccc4)c3c(=O)n2N)cc1. The molecule has 0 spiro atoms. The molecule has 2 amide bonds. The molecule has 5 N–H and O–H groups in total. The van der Waals surface area contributed by atoms with Crippen molar-refractivity contribution in [2.45, 2.75) is 5.16 Å². The van der Waals surface area contributed by atoms with E-state index in [0.29, 0.717) is 21.5 Å². The Labute approximate surface area is 184 Å². The van der Waals surface area contributed by atoms with Gasteiger partial charge in [0.05, 0.1) is 11.1 Å². The van der Waals surface area contributed by atoms with Gasteiger partial charge in [0.2, 0.25) is 11.8 Å². The van der Waals surface area contributed by atoms with Crippen molar-refractivity contribution in [1.29, 1.82) is 0 Å². The van der Waals surface area contributed by atoms with Crippen molar-refractivity contribution in [3.05, 3.63) is 75.9 Å². The lowest BCUT2D eigenvalue weighted by atomic mass is 10.1. The van der Waals surface area contributed by atoms with Gasteiger partial charge in [-0.1, -0.05) is 42.1 Å². The van der Waals surface area contributed by atoms with Crippen LogP contribution in [-0.4, -0.2) is 27.2 Å². The number of benzene rings is 2. The third-order valence-corrected chi connectivity index (χ3v) is 6.30. The molecule has 0 atom stereocenters. The van der Waals surface area contributed by atoms with Crippen LogP contribution in [0.1, 0.15) is 10.4 Å². The zero-order valence-electron chi connectivity index (χ0n) is 16.1. The molecule has 2 heterocycles. The summed E-state index contributed by atoms with van der Waals surface area (Å²) in [5.74, 6) is 5.15. The van der Waals surface area contributed by atoms with Crippen molar-refractivity contribution in [2.24, 2.45) is 5.73 Å². The number of fused-ring (bicyclic) bond motifs is 1. The second-order valence-corrected chi connectivity index (χ2v) is 8.34. The summed E-state index contributed by atoms with van der Waals surface area (Å²) in [4.78, 5) is 41.3. The molecule has 10 heteroatoms. The fourth-order valence-corrected chi connectivity index (χ4v) is 4.67. The Morgan fingerprint density at radius 2 is 1.81 bits per heavy atom. The Bertz CT molecular complexity index is 1330. The minimum Gasteiger partial charge on any atom is -0.366 e. The molecule has 0 radical (unpaired) electrons. The topological polar surface area (TPSA) is 133 Å². The number of anilines is 1. The van der Waals surface area contributed by atoms with E-state index in [1.54, 1.807) is 12.1 Å². The lowest BCUT2D eigenvalue weighted by Gasteiger charge is -2.08. The number of rotatable bonds is 6. The number of nitrogens with one attached hydrogen (secondary N) is 1. The van der Waals surface area contributed by atoms with Gasteiger partial charge in [-0.15, -0.1) is 11.3 Å². The van der Waals surface area contributed by atoms with Gasteiger partial charge >= 0.3 is 0 Å². The average Bonchev–Trinajstić information content (AvgIpc) is 3.20. The first-order chi connectivity index (χ1) is 14.9. The van der Waals surface area contributed by atoms with Gasteiger partial charge in [0.25, 0.3) is 5.56 Å². The number of amides is 2. The monoisotopic (exact) mass is 451 g/mol. The van der Waals surface area contributed by atoms with Crippen LogP contribution in [0.25, 0.3) is 21.3 Å². The number of carbonyl (C=O) groups excluding carboxylic acids is 2. The minimum absolute atomic E-state index is 0.00361. The van der Waals surface area contributed by atoms with E-state index in [0.717, 1.165) is 27.6 Å². The Morgan fingerprint density at radius 1 is 1.10 bits per heavy atom. The summed E-state index contributed by atoms with van der Waals surface area (Å²) in [6.45, 7) is 0. The summed E-state index contributed by atoms with van der Waals surface area (Å²) >= 11 is 2.42. The lowest BCUT2D eigenvalue weighted by Crippen LogP contribution is -2.30. The minimum atomic E-state index is -0.542. The first-order valence-corrected chi connectivity index (χ1v) is 11.0. The molecule has 8 nitrogen and oxygen atoms in total. The van der Waals surface area contributed by atoms with Crippen LogP contribution in [-0.2, 0) is 4.79 Å². The van der Waals surface area contributed by atoms with Gasteiger partial charge in [-0.05, 0) is 29.8 Å². The molecule has 156 valence electrons. The maximum absolute atomic E-state index is 12.9. The first-order valence-electron chi connectivity index (χ1n) is 9.11. The maximum Gasteiger partial charge on any atom is 0.282 e. The van der Waals surface area contributed by atoms with Crippen LogP contribution in [0.3, 0.4) is 0 Å². The summed E-state index contributed by atoms with van der Waals surface area (Å²) in [7, 11) is 0. The number of primary amides is 1. The quantitative estimate of drug-likeness (QED) is 0.234. The Kier molecular flexibility index (Phi) is 5.74. The summed E-state index contributed by atoms with van der Waals surface area (Å²) in [5, 5.41) is 5.30. The summed E-state index contributed by atoms with van der Waals surface area (Å²) in [6, 6.07) is 15.8. The molecule has 31 heavy (non-hydrogen) atoms. The highest BCUT2D eigenvalue weighted by Crippen LogP contribution is 2.31. The normalized spacial score (nSPS) is 10.8.